The smallest absolute Gasteiger partial charge is 0.252 e. The molecule has 1 amide bonds. The number of rotatable bonds is 3. The summed E-state index contributed by atoms with van der Waals surface area (Å²) in [6.07, 6.45) is 1.44. The number of nitrogens with zero attached hydrogens (tertiary/aromatic N) is 2. The highest BCUT2D eigenvalue weighted by atomic mass is 35.5. The van der Waals surface area contributed by atoms with Crippen LogP contribution in [0.15, 0.2) is 16.3 Å². The van der Waals surface area contributed by atoms with E-state index < -0.39 is 15.6 Å². The average molecular weight is 386 g/mol. The SMILES string of the molecule is Cl.NC1(C(=O)N2CCN(S(=O)(=O)c3ccc(Cl)s3)CC2)CC1. The molecule has 0 radical (unpaired) electrons. The lowest BCUT2D eigenvalue weighted by molar-refractivity contribution is -0.134. The van der Waals surface area contributed by atoms with Gasteiger partial charge in [-0.05, 0) is 25.0 Å². The maximum Gasteiger partial charge on any atom is 0.252 e. The molecule has 2 N–H and O–H groups in total. The van der Waals surface area contributed by atoms with Gasteiger partial charge in [-0.3, -0.25) is 4.79 Å². The van der Waals surface area contributed by atoms with Gasteiger partial charge in [0.2, 0.25) is 5.91 Å². The van der Waals surface area contributed by atoms with E-state index in [2.05, 4.69) is 0 Å². The van der Waals surface area contributed by atoms with Crippen LogP contribution in [0.5, 0.6) is 0 Å². The van der Waals surface area contributed by atoms with Crippen LogP contribution in [0.25, 0.3) is 0 Å². The maximum absolute atomic E-state index is 12.4. The summed E-state index contributed by atoms with van der Waals surface area (Å²) in [5, 5.41) is 0. The van der Waals surface area contributed by atoms with E-state index in [4.69, 9.17) is 17.3 Å². The fourth-order valence-corrected chi connectivity index (χ4v) is 5.42. The van der Waals surface area contributed by atoms with Crippen molar-refractivity contribution in [1.82, 2.24) is 9.21 Å². The van der Waals surface area contributed by atoms with E-state index >= 15 is 0 Å². The molecule has 1 aromatic rings. The molecule has 2 fully saturated rings. The first-order valence-corrected chi connectivity index (χ1v) is 9.30. The number of thiophene rings is 1. The first-order chi connectivity index (χ1) is 9.83. The van der Waals surface area contributed by atoms with Crippen molar-refractivity contribution in [2.45, 2.75) is 22.6 Å². The van der Waals surface area contributed by atoms with Crippen LogP contribution < -0.4 is 5.73 Å². The normalized spacial score (nSPS) is 21.3. The molecule has 0 unspecified atom stereocenters. The summed E-state index contributed by atoms with van der Waals surface area (Å²) in [4.78, 5) is 13.8. The second kappa shape index (κ2) is 6.26. The van der Waals surface area contributed by atoms with Crippen molar-refractivity contribution in [2.75, 3.05) is 26.2 Å². The van der Waals surface area contributed by atoms with Gasteiger partial charge in [-0.1, -0.05) is 11.6 Å². The number of hydrogen-bond acceptors (Lipinski definition) is 5. The Morgan fingerprint density at radius 1 is 1.23 bits per heavy atom. The zero-order chi connectivity index (χ0) is 15.3. The largest absolute Gasteiger partial charge is 0.338 e. The summed E-state index contributed by atoms with van der Waals surface area (Å²) in [7, 11) is -3.51. The molecule has 0 aromatic carbocycles. The molecular formula is C12H17Cl2N3O3S2. The minimum atomic E-state index is -3.51. The molecule has 1 saturated heterocycles. The predicted molar refractivity (Wildman–Crippen MR) is 88.1 cm³/mol. The van der Waals surface area contributed by atoms with Crippen LogP contribution in [-0.2, 0) is 14.8 Å². The van der Waals surface area contributed by atoms with Crippen molar-refractivity contribution >= 4 is 51.3 Å². The van der Waals surface area contributed by atoms with Gasteiger partial charge in [0.05, 0.1) is 9.88 Å². The summed E-state index contributed by atoms with van der Waals surface area (Å²) in [5.41, 5.74) is 5.21. The molecule has 22 heavy (non-hydrogen) atoms. The van der Waals surface area contributed by atoms with E-state index in [1.54, 1.807) is 11.0 Å². The molecule has 10 heteroatoms. The highest BCUT2D eigenvalue weighted by molar-refractivity contribution is 7.91. The van der Waals surface area contributed by atoms with E-state index in [1.165, 1.54) is 10.4 Å². The number of nitrogens with two attached hydrogens (primary N) is 1. The number of halogens is 2. The van der Waals surface area contributed by atoms with E-state index in [1.807, 2.05) is 0 Å². The molecule has 124 valence electrons. The van der Waals surface area contributed by atoms with Gasteiger partial charge < -0.3 is 10.6 Å². The first kappa shape index (κ1) is 18.0. The van der Waals surface area contributed by atoms with Crippen molar-refractivity contribution in [3.8, 4) is 0 Å². The topological polar surface area (TPSA) is 83.7 Å². The van der Waals surface area contributed by atoms with Crippen LogP contribution >= 0.6 is 35.3 Å². The number of amides is 1. The Bertz CT molecular complexity index is 665. The Labute approximate surface area is 144 Å². The zero-order valence-corrected chi connectivity index (χ0v) is 14.9. The number of piperazine rings is 1. The number of sulfonamides is 1. The predicted octanol–water partition coefficient (Wildman–Crippen LogP) is 1.15. The molecule has 1 saturated carbocycles. The molecule has 2 aliphatic rings. The van der Waals surface area contributed by atoms with Crippen molar-refractivity contribution in [2.24, 2.45) is 5.73 Å². The maximum atomic E-state index is 12.4. The van der Waals surface area contributed by atoms with Crippen LogP contribution in [0.1, 0.15) is 12.8 Å². The second-order valence-electron chi connectivity index (χ2n) is 5.41. The number of hydrogen-bond donors (Lipinski definition) is 1. The van der Waals surface area contributed by atoms with Gasteiger partial charge in [0, 0.05) is 26.2 Å². The molecule has 1 aromatic heterocycles. The monoisotopic (exact) mass is 385 g/mol. The third-order valence-electron chi connectivity index (χ3n) is 3.88. The van der Waals surface area contributed by atoms with Gasteiger partial charge in [0.25, 0.3) is 10.0 Å². The molecule has 1 aliphatic heterocycles. The molecule has 2 heterocycles. The van der Waals surface area contributed by atoms with E-state index in [0.717, 1.165) is 24.2 Å². The third kappa shape index (κ3) is 3.27. The van der Waals surface area contributed by atoms with E-state index in [-0.39, 0.29) is 22.5 Å². The number of carbonyl (C=O) groups excluding carboxylic acids is 1. The average Bonchev–Trinajstić information content (AvgIpc) is 3.06. The Morgan fingerprint density at radius 3 is 2.27 bits per heavy atom. The Kier molecular flexibility index (Phi) is 5.11. The van der Waals surface area contributed by atoms with E-state index in [0.29, 0.717) is 30.5 Å². The Balaban J connectivity index is 0.00000176. The lowest BCUT2D eigenvalue weighted by Gasteiger charge is -2.35. The molecule has 0 bridgehead atoms. The van der Waals surface area contributed by atoms with Crippen molar-refractivity contribution in [3.63, 3.8) is 0 Å². The second-order valence-corrected chi connectivity index (χ2v) is 9.29. The van der Waals surface area contributed by atoms with Gasteiger partial charge in [-0.2, -0.15) is 4.31 Å². The fourth-order valence-electron chi connectivity index (χ4n) is 2.36. The van der Waals surface area contributed by atoms with Gasteiger partial charge >= 0.3 is 0 Å². The van der Waals surface area contributed by atoms with Gasteiger partial charge in [-0.25, -0.2) is 8.42 Å². The van der Waals surface area contributed by atoms with Crippen molar-refractivity contribution in [3.05, 3.63) is 16.5 Å². The van der Waals surface area contributed by atoms with Crippen LogP contribution in [-0.4, -0.2) is 55.2 Å². The van der Waals surface area contributed by atoms with Crippen LogP contribution in [0.4, 0.5) is 0 Å². The molecule has 3 rings (SSSR count). The van der Waals surface area contributed by atoms with Gasteiger partial charge in [0.1, 0.15) is 4.21 Å². The summed E-state index contributed by atoms with van der Waals surface area (Å²) in [6.45, 7) is 1.35. The van der Waals surface area contributed by atoms with E-state index in [9.17, 15) is 13.2 Å². The standard InChI is InChI=1S/C12H16ClN3O3S2.ClH/c13-9-1-2-10(20-9)21(18,19)16-7-5-15(6-8-16)11(17)12(14)3-4-12;/h1-2H,3-8,14H2;1H. The zero-order valence-electron chi connectivity index (χ0n) is 11.7. The summed E-state index contributed by atoms with van der Waals surface area (Å²) < 4.78 is 27.0. The van der Waals surface area contributed by atoms with Crippen LogP contribution in [0.3, 0.4) is 0 Å². The molecule has 6 nitrogen and oxygen atoms in total. The van der Waals surface area contributed by atoms with Gasteiger partial charge in [0.15, 0.2) is 0 Å². The molecule has 0 spiro atoms. The minimum Gasteiger partial charge on any atom is -0.338 e. The summed E-state index contributed by atoms with van der Waals surface area (Å²) >= 11 is 6.84. The van der Waals surface area contributed by atoms with Gasteiger partial charge in [-0.15, -0.1) is 23.7 Å². The highest BCUT2D eigenvalue weighted by Crippen LogP contribution is 2.35. The summed E-state index contributed by atoms with van der Waals surface area (Å²) in [6, 6.07) is 3.09. The molecule has 0 atom stereocenters. The third-order valence-corrected chi connectivity index (χ3v) is 7.48. The number of carbonyl (C=O) groups is 1. The van der Waals surface area contributed by atoms with Crippen molar-refractivity contribution in [1.29, 1.82) is 0 Å². The van der Waals surface area contributed by atoms with Crippen molar-refractivity contribution < 1.29 is 13.2 Å². The Hall–Kier alpha value is -0.380. The quantitative estimate of drug-likeness (QED) is 0.845. The molecular weight excluding hydrogens is 369 g/mol. The lowest BCUT2D eigenvalue weighted by atomic mass is 10.2. The highest BCUT2D eigenvalue weighted by Gasteiger charge is 2.48. The Morgan fingerprint density at radius 2 is 1.82 bits per heavy atom. The summed E-state index contributed by atoms with van der Waals surface area (Å²) in [5.74, 6) is -0.0567. The first-order valence-electron chi connectivity index (χ1n) is 6.67. The van der Waals surface area contributed by atoms with Crippen LogP contribution in [0.2, 0.25) is 4.34 Å². The fraction of sp³-hybridized carbons (Fsp3) is 0.583. The van der Waals surface area contributed by atoms with Crippen LogP contribution in [0, 0.1) is 0 Å². The minimum absolute atomic E-state index is 0. The lowest BCUT2D eigenvalue weighted by Crippen LogP contribution is -2.55. The molecule has 1 aliphatic carbocycles.